The molecule has 1 rings (SSSR count). The van der Waals surface area contributed by atoms with Crippen molar-refractivity contribution in [2.75, 3.05) is 0 Å². The summed E-state index contributed by atoms with van der Waals surface area (Å²) in [6.45, 7) is 10.3. The van der Waals surface area contributed by atoms with Gasteiger partial charge in [-0.3, -0.25) is 0 Å². The van der Waals surface area contributed by atoms with Gasteiger partial charge in [-0.15, -0.1) is 0 Å². The summed E-state index contributed by atoms with van der Waals surface area (Å²) < 4.78 is 0. The highest BCUT2D eigenvalue weighted by molar-refractivity contribution is 6.59. The molecule has 1 aliphatic rings. The zero-order valence-corrected chi connectivity index (χ0v) is 10.4. The summed E-state index contributed by atoms with van der Waals surface area (Å²) in [5.74, 6) is 0. The van der Waals surface area contributed by atoms with Gasteiger partial charge in [0.25, 0.3) is 0 Å². The van der Waals surface area contributed by atoms with Crippen molar-refractivity contribution in [2.24, 2.45) is 5.41 Å². The van der Waals surface area contributed by atoms with Crippen LogP contribution in [-0.2, 0) is 0 Å². The fourth-order valence-electron chi connectivity index (χ4n) is 2.58. The van der Waals surface area contributed by atoms with Crippen molar-refractivity contribution in [3.63, 3.8) is 0 Å². The van der Waals surface area contributed by atoms with Crippen LogP contribution < -0.4 is 0 Å². The summed E-state index contributed by atoms with van der Waals surface area (Å²) in [5, 5.41) is 0. The third-order valence-corrected chi connectivity index (χ3v) is 3.62. The lowest BCUT2D eigenvalue weighted by molar-refractivity contribution is 0.397. The predicted octanol–water partition coefficient (Wildman–Crippen LogP) is 4.66. The van der Waals surface area contributed by atoms with Crippen LogP contribution in [0.2, 0.25) is 19.0 Å². The molecule has 0 radical (unpaired) electrons. The third-order valence-electron chi connectivity index (χ3n) is 3.62. The largest absolute Gasteiger partial charge is 0.143 e. The highest BCUT2D eigenvalue weighted by Crippen LogP contribution is 2.35. The van der Waals surface area contributed by atoms with E-state index < -0.39 is 0 Å². The average Bonchev–Trinajstić information content (AvgIpc) is 2.12. The molecule has 0 aromatic heterocycles. The van der Waals surface area contributed by atoms with Crippen LogP contribution in [0, 0.1) is 5.41 Å². The van der Waals surface area contributed by atoms with Crippen molar-refractivity contribution in [1.82, 2.24) is 0 Å². The summed E-state index contributed by atoms with van der Waals surface area (Å²) in [5.41, 5.74) is 2.20. The Morgan fingerprint density at radius 1 is 1.29 bits per heavy atom. The third kappa shape index (κ3) is 3.51. The van der Waals surface area contributed by atoms with E-state index in [4.69, 9.17) is 0 Å². The van der Waals surface area contributed by atoms with Crippen molar-refractivity contribution >= 4 is 6.71 Å². The molecule has 0 aliphatic heterocycles. The van der Waals surface area contributed by atoms with Crippen LogP contribution >= 0.6 is 0 Å². The Balaban J connectivity index is 2.55. The van der Waals surface area contributed by atoms with Crippen molar-refractivity contribution in [1.29, 1.82) is 0 Å². The topological polar surface area (TPSA) is 0 Å². The van der Waals surface area contributed by atoms with Gasteiger partial charge in [0.1, 0.15) is 6.71 Å². The van der Waals surface area contributed by atoms with Gasteiger partial charge in [-0.2, -0.15) is 0 Å². The molecule has 1 aliphatic carbocycles. The van der Waals surface area contributed by atoms with Crippen LogP contribution in [-0.4, -0.2) is 6.71 Å². The van der Waals surface area contributed by atoms with E-state index in [1.54, 1.807) is 5.57 Å². The minimum Gasteiger partial charge on any atom is -0.0808 e. The summed E-state index contributed by atoms with van der Waals surface area (Å²) in [6.07, 6.45) is 10.7. The van der Waals surface area contributed by atoms with E-state index in [0.29, 0.717) is 5.41 Å². The SMILES string of the molecule is CCB(CC)CC1=CC(C)(C)CCC1. The van der Waals surface area contributed by atoms with E-state index in [1.165, 1.54) is 38.2 Å². The molecule has 0 aromatic carbocycles. The molecule has 0 saturated carbocycles. The summed E-state index contributed by atoms with van der Waals surface area (Å²) in [4.78, 5) is 0. The lowest BCUT2D eigenvalue weighted by atomic mass is 9.42. The summed E-state index contributed by atoms with van der Waals surface area (Å²) in [7, 11) is 0. The molecule has 0 unspecified atom stereocenters. The van der Waals surface area contributed by atoms with Crippen LogP contribution in [0.5, 0.6) is 0 Å². The van der Waals surface area contributed by atoms with E-state index in [2.05, 4.69) is 33.8 Å². The number of hydrogen-bond acceptors (Lipinski definition) is 0. The van der Waals surface area contributed by atoms with Gasteiger partial charge in [-0.05, 0) is 24.7 Å². The fourth-order valence-corrected chi connectivity index (χ4v) is 2.58. The zero-order valence-electron chi connectivity index (χ0n) is 10.4. The highest BCUT2D eigenvalue weighted by atomic mass is 14.2. The Hall–Kier alpha value is -0.195. The standard InChI is InChI=1S/C13H25B/c1-5-14(6-2)11-12-8-7-9-13(3,4)10-12/h10H,5-9,11H2,1-4H3. The van der Waals surface area contributed by atoms with Gasteiger partial charge in [0.05, 0.1) is 0 Å². The molecule has 0 fully saturated rings. The second kappa shape index (κ2) is 5.05. The van der Waals surface area contributed by atoms with Crippen LogP contribution in [0.25, 0.3) is 0 Å². The minimum atomic E-state index is 0.472. The molecule has 0 atom stereocenters. The Bertz CT molecular complexity index is 199. The summed E-state index contributed by atoms with van der Waals surface area (Å²) >= 11 is 0. The number of hydrogen-bond donors (Lipinski definition) is 0. The molecule has 80 valence electrons. The molecular weight excluding hydrogens is 167 g/mol. The minimum absolute atomic E-state index is 0.472. The normalized spacial score (nSPS) is 20.4. The molecule has 0 N–H and O–H groups in total. The molecule has 0 nitrogen and oxygen atoms in total. The maximum Gasteiger partial charge on any atom is 0.143 e. The van der Waals surface area contributed by atoms with E-state index in [1.807, 2.05) is 0 Å². The molecule has 0 heterocycles. The van der Waals surface area contributed by atoms with Crippen molar-refractivity contribution < 1.29 is 0 Å². The molecular formula is C13H25B. The second-order valence-electron chi connectivity index (χ2n) is 5.53. The molecule has 0 amide bonds. The van der Waals surface area contributed by atoms with Gasteiger partial charge in [-0.1, -0.05) is 58.3 Å². The van der Waals surface area contributed by atoms with E-state index in [0.717, 1.165) is 6.71 Å². The number of rotatable bonds is 4. The van der Waals surface area contributed by atoms with Crippen molar-refractivity contribution in [3.05, 3.63) is 11.6 Å². The highest BCUT2D eigenvalue weighted by Gasteiger charge is 2.21. The monoisotopic (exact) mass is 192 g/mol. The van der Waals surface area contributed by atoms with Gasteiger partial charge >= 0.3 is 0 Å². The van der Waals surface area contributed by atoms with E-state index in [9.17, 15) is 0 Å². The lowest BCUT2D eigenvalue weighted by Crippen LogP contribution is -2.17. The predicted molar refractivity (Wildman–Crippen MR) is 67.2 cm³/mol. The molecule has 0 spiro atoms. The van der Waals surface area contributed by atoms with Crippen molar-refractivity contribution in [2.45, 2.75) is 65.9 Å². The first-order valence-corrected chi connectivity index (χ1v) is 6.28. The first-order valence-electron chi connectivity index (χ1n) is 6.28. The smallest absolute Gasteiger partial charge is 0.0808 e. The zero-order chi connectivity index (χ0) is 10.6. The Labute approximate surface area is 90.2 Å². The van der Waals surface area contributed by atoms with Gasteiger partial charge in [0, 0.05) is 0 Å². The van der Waals surface area contributed by atoms with Crippen LogP contribution in [0.3, 0.4) is 0 Å². The van der Waals surface area contributed by atoms with Crippen LogP contribution in [0.4, 0.5) is 0 Å². The van der Waals surface area contributed by atoms with Gasteiger partial charge in [0.2, 0.25) is 0 Å². The molecule has 0 aromatic rings. The second-order valence-corrected chi connectivity index (χ2v) is 5.53. The Morgan fingerprint density at radius 3 is 2.43 bits per heavy atom. The van der Waals surface area contributed by atoms with Gasteiger partial charge in [-0.25, -0.2) is 0 Å². The molecule has 14 heavy (non-hydrogen) atoms. The molecule has 0 bridgehead atoms. The Kier molecular flexibility index (Phi) is 4.28. The fraction of sp³-hybridized carbons (Fsp3) is 0.846. The quantitative estimate of drug-likeness (QED) is 0.449. The maximum absolute atomic E-state index is 2.55. The average molecular weight is 192 g/mol. The maximum atomic E-state index is 2.55. The van der Waals surface area contributed by atoms with Crippen LogP contribution in [0.15, 0.2) is 11.6 Å². The first kappa shape index (κ1) is 11.9. The van der Waals surface area contributed by atoms with E-state index >= 15 is 0 Å². The van der Waals surface area contributed by atoms with Crippen LogP contribution in [0.1, 0.15) is 47.0 Å². The summed E-state index contributed by atoms with van der Waals surface area (Å²) in [6, 6.07) is 0. The van der Waals surface area contributed by atoms with Gasteiger partial charge in [0.15, 0.2) is 0 Å². The lowest BCUT2D eigenvalue weighted by Gasteiger charge is -2.28. The molecule has 1 heteroatoms. The van der Waals surface area contributed by atoms with E-state index in [-0.39, 0.29) is 0 Å². The Morgan fingerprint density at radius 2 is 1.93 bits per heavy atom. The number of allylic oxidation sites excluding steroid dienone is 2. The molecule has 0 saturated heterocycles. The van der Waals surface area contributed by atoms with Gasteiger partial charge < -0.3 is 0 Å². The first-order chi connectivity index (χ1) is 6.57. The van der Waals surface area contributed by atoms with Crippen molar-refractivity contribution in [3.8, 4) is 0 Å².